The third kappa shape index (κ3) is 4.26. The quantitative estimate of drug-likeness (QED) is 0.809. The summed E-state index contributed by atoms with van der Waals surface area (Å²) in [5.41, 5.74) is 8.27. The van der Waals surface area contributed by atoms with Crippen LogP contribution in [0.25, 0.3) is 0 Å². The van der Waals surface area contributed by atoms with Gasteiger partial charge in [-0.2, -0.15) is 0 Å². The molecule has 5 heteroatoms. The molecule has 2 aromatic carbocycles. The van der Waals surface area contributed by atoms with E-state index in [1.54, 1.807) is 24.3 Å². The number of carbonyl (C=O) groups is 1. The van der Waals surface area contributed by atoms with E-state index in [1.807, 2.05) is 24.3 Å². The lowest BCUT2D eigenvalue weighted by molar-refractivity contribution is 0.251. The van der Waals surface area contributed by atoms with Crippen LogP contribution in [0.15, 0.2) is 48.5 Å². The number of carbonyl (C=O) groups excluding carboxylic acids is 1. The van der Waals surface area contributed by atoms with Crippen molar-refractivity contribution in [1.82, 2.24) is 5.32 Å². The van der Waals surface area contributed by atoms with Crippen LogP contribution in [0.1, 0.15) is 11.1 Å². The number of rotatable bonds is 4. The second-order valence-corrected chi connectivity index (χ2v) is 4.78. The highest BCUT2D eigenvalue weighted by molar-refractivity contribution is 6.30. The first-order valence-electron chi connectivity index (χ1n) is 6.25. The molecule has 0 bridgehead atoms. The third-order valence-corrected chi connectivity index (χ3v) is 3.03. The average Bonchev–Trinajstić information content (AvgIpc) is 2.46. The van der Waals surface area contributed by atoms with Gasteiger partial charge >= 0.3 is 6.03 Å². The highest BCUT2D eigenvalue weighted by Gasteiger charge is 2.02. The second-order valence-electron chi connectivity index (χ2n) is 4.34. The molecule has 0 aliphatic carbocycles. The van der Waals surface area contributed by atoms with E-state index in [-0.39, 0.29) is 6.03 Å². The summed E-state index contributed by atoms with van der Waals surface area (Å²) < 4.78 is 0. The Morgan fingerprint density at radius 3 is 2.45 bits per heavy atom. The number of halogens is 1. The number of urea groups is 1. The molecule has 0 unspecified atom stereocenters. The molecular weight excluding hydrogens is 274 g/mol. The maximum absolute atomic E-state index is 11.7. The van der Waals surface area contributed by atoms with E-state index in [0.29, 0.717) is 23.8 Å². The van der Waals surface area contributed by atoms with Gasteiger partial charge in [0.2, 0.25) is 0 Å². The summed E-state index contributed by atoms with van der Waals surface area (Å²) >= 11 is 5.85. The fourth-order valence-electron chi connectivity index (χ4n) is 1.72. The molecule has 0 radical (unpaired) electrons. The van der Waals surface area contributed by atoms with Gasteiger partial charge in [-0.05, 0) is 29.3 Å². The number of hydrogen-bond donors (Lipinski definition) is 3. The number of benzene rings is 2. The first-order valence-corrected chi connectivity index (χ1v) is 6.63. The van der Waals surface area contributed by atoms with Crippen LogP contribution in [0, 0.1) is 0 Å². The number of hydrogen-bond acceptors (Lipinski definition) is 2. The lowest BCUT2D eigenvalue weighted by atomic mass is 10.1. The summed E-state index contributed by atoms with van der Waals surface area (Å²) in [5, 5.41) is 6.08. The molecule has 0 spiro atoms. The van der Waals surface area contributed by atoms with Crippen LogP contribution in [0.5, 0.6) is 0 Å². The summed E-state index contributed by atoms with van der Waals surface area (Å²) in [7, 11) is 0. The van der Waals surface area contributed by atoms with Gasteiger partial charge in [0.25, 0.3) is 0 Å². The highest BCUT2D eigenvalue weighted by Crippen LogP contribution is 2.14. The minimum atomic E-state index is -0.268. The van der Waals surface area contributed by atoms with Crippen molar-refractivity contribution in [3.05, 3.63) is 64.7 Å². The highest BCUT2D eigenvalue weighted by atomic mass is 35.5. The van der Waals surface area contributed by atoms with E-state index in [2.05, 4.69) is 10.6 Å². The molecule has 0 aromatic heterocycles. The van der Waals surface area contributed by atoms with Crippen molar-refractivity contribution in [2.24, 2.45) is 5.73 Å². The lowest BCUT2D eigenvalue weighted by Crippen LogP contribution is -2.28. The second kappa shape index (κ2) is 6.93. The summed E-state index contributed by atoms with van der Waals surface area (Å²) in [6.07, 6.45) is 0. The molecule has 104 valence electrons. The van der Waals surface area contributed by atoms with Gasteiger partial charge < -0.3 is 16.4 Å². The molecule has 4 nitrogen and oxygen atoms in total. The average molecular weight is 290 g/mol. The minimum Gasteiger partial charge on any atom is -0.334 e. The van der Waals surface area contributed by atoms with E-state index < -0.39 is 0 Å². The van der Waals surface area contributed by atoms with Crippen LogP contribution in [-0.4, -0.2) is 6.03 Å². The van der Waals surface area contributed by atoms with Gasteiger partial charge in [-0.3, -0.25) is 0 Å². The fraction of sp³-hybridized carbons (Fsp3) is 0.133. The molecular formula is C15H16ClN3O. The van der Waals surface area contributed by atoms with Crippen molar-refractivity contribution >= 4 is 23.3 Å². The SMILES string of the molecule is NCc1ccc(CNC(=O)Nc2cccc(Cl)c2)cc1. The van der Waals surface area contributed by atoms with Gasteiger partial charge in [-0.15, -0.1) is 0 Å². The largest absolute Gasteiger partial charge is 0.334 e. The van der Waals surface area contributed by atoms with Crippen LogP contribution in [0.3, 0.4) is 0 Å². The normalized spacial score (nSPS) is 10.1. The van der Waals surface area contributed by atoms with E-state index in [1.165, 1.54) is 0 Å². The number of nitrogens with two attached hydrogens (primary N) is 1. The maximum atomic E-state index is 11.7. The molecule has 0 saturated carbocycles. The van der Waals surface area contributed by atoms with Crippen LogP contribution in [0.4, 0.5) is 10.5 Å². The third-order valence-electron chi connectivity index (χ3n) is 2.79. The van der Waals surface area contributed by atoms with Crippen LogP contribution >= 0.6 is 11.6 Å². The fourth-order valence-corrected chi connectivity index (χ4v) is 1.91. The van der Waals surface area contributed by atoms with Gasteiger partial charge in [-0.1, -0.05) is 41.9 Å². The Labute approximate surface area is 122 Å². The molecule has 0 heterocycles. The Morgan fingerprint density at radius 2 is 1.80 bits per heavy atom. The zero-order valence-corrected chi connectivity index (χ0v) is 11.7. The molecule has 0 atom stereocenters. The number of nitrogens with one attached hydrogen (secondary N) is 2. The Bertz CT molecular complexity index is 584. The molecule has 0 fully saturated rings. The van der Waals surface area contributed by atoms with Crippen molar-refractivity contribution in [1.29, 1.82) is 0 Å². The lowest BCUT2D eigenvalue weighted by Gasteiger charge is -2.08. The topological polar surface area (TPSA) is 67.1 Å². The Balaban J connectivity index is 1.85. The standard InChI is InChI=1S/C15H16ClN3O/c16-13-2-1-3-14(8-13)19-15(20)18-10-12-6-4-11(9-17)5-7-12/h1-8H,9-10,17H2,(H2,18,19,20). The molecule has 0 aliphatic heterocycles. The van der Waals surface area contributed by atoms with Crippen LogP contribution in [0.2, 0.25) is 5.02 Å². The van der Waals surface area contributed by atoms with Crippen molar-refractivity contribution in [3.63, 3.8) is 0 Å². The van der Waals surface area contributed by atoms with Crippen LogP contribution < -0.4 is 16.4 Å². The van der Waals surface area contributed by atoms with Gasteiger partial charge in [0.05, 0.1) is 0 Å². The zero-order valence-electron chi connectivity index (χ0n) is 10.9. The van der Waals surface area contributed by atoms with E-state index >= 15 is 0 Å². The first-order chi connectivity index (χ1) is 9.67. The van der Waals surface area contributed by atoms with Crippen molar-refractivity contribution in [2.75, 3.05) is 5.32 Å². The predicted octanol–water partition coefficient (Wildman–Crippen LogP) is 3.12. The molecule has 2 aromatic rings. The molecule has 4 N–H and O–H groups in total. The van der Waals surface area contributed by atoms with E-state index in [9.17, 15) is 4.79 Å². The number of anilines is 1. The molecule has 2 amide bonds. The number of amides is 2. The Morgan fingerprint density at radius 1 is 1.10 bits per heavy atom. The summed E-state index contributed by atoms with van der Waals surface area (Å²) in [6.45, 7) is 0.972. The molecule has 20 heavy (non-hydrogen) atoms. The molecule has 0 saturated heterocycles. The van der Waals surface area contributed by atoms with Crippen molar-refractivity contribution < 1.29 is 4.79 Å². The molecule has 2 rings (SSSR count). The van der Waals surface area contributed by atoms with Gasteiger partial charge in [0.15, 0.2) is 0 Å². The van der Waals surface area contributed by atoms with Crippen molar-refractivity contribution in [2.45, 2.75) is 13.1 Å². The Hall–Kier alpha value is -2.04. The summed E-state index contributed by atoms with van der Waals surface area (Å²) in [6, 6.07) is 14.5. The Kier molecular flexibility index (Phi) is 4.98. The van der Waals surface area contributed by atoms with Crippen LogP contribution in [-0.2, 0) is 13.1 Å². The first kappa shape index (κ1) is 14.4. The van der Waals surface area contributed by atoms with Crippen molar-refractivity contribution in [3.8, 4) is 0 Å². The van der Waals surface area contributed by atoms with Gasteiger partial charge in [0, 0.05) is 23.8 Å². The smallest absolute Gasteiger partial charge is 0.319 e. The zero-order chi connectivity index (χ0) is 14.4. The summed E-state index contributed by atoms with van der Waals surface area (Å²) in [5.74, 6) is 0. The summed E-state index contributed by atoms with van der Waals surface area (Å²) in [4.78, 5) is 11.7. The molecule has 0 aliphatic rings. The minimum absolute atomic E-state index is 0.268. The van der Waals surface area contributed by atoms with E-state index in [4.69, 9.17) is 17.3 Å². The monoisotopic (exact) mass is 289 g/mol. The maximum Gasteiger partial charge on any atom is 0.319 e. The van der Waals surface area contributed by atoms with E-state index in [0.717, 1.165) is 11.1 Å². The van der Waals surface area contributed by atoms with Gasteiger partial charge in [-0.25, -0.2) is 4.79 Å². The van der Waals surface area contributed by atoms with Gasteiger partial charge in [0.1, 0.15) is 0 Å². The predicted molar refractivity (Wildman–Crippen MR) is 81.6 cm³/mol.